The Hall–Kier alpha value is -6.05. The highest BCUT2D eigenvalue weighted by Gasteiger charge is 2.76. The number of likely N-dealkylation sites (tertiary alicyclic amines) is 1. The molecule has 324 valence electrons. The highest BCUT2D eigenvalue weighted by atomic mass is 16.6. The molecular formula is C49H54N4O9. The van der Waals surface area contributed by atoms with E-state index in [1.165, 1.54) is 7.11 Å². The van der Waals surface area contributed by atoms with E-state index in [0.717, 1.165) is 48.1 Å². The van der Waals surface area contributed by atoms with Crippen molar-refractivity contribution in [3.8, 4) is 5.75 Å². The number of hydrogen-bond donors (Lipinski definition) is 2. The van der Waals surface area contributed by atoms with Gasteiger partial charge in [-0.2, -0.15) is 0 Å². The number of rotatable bonds is 10. The molecular weight excluding hydrogens is 789 g/mol. The van der Waals surface area contributed by atoms with Gasteiger partial charge in [0.15, 0.2) is 0 Å². The summed E-state index contributed by atoms with van der Waals surface area (Å²) < 4.78 is 17.6. The molecule has 0 bridgehead atoms. The van der Waals surface area contributed by atoms with Crippen molar-refractivity contribution in [3.63, 3.8) is 0 Å². The number of para-hydroxylation sites is 1. The van der Waals surface area contributed by atoms with Crippen molar-refractivity contribution in [2.24, 2.45) is 11.8 Å². The third kappa shape index (κ3) is 7.40. The fourth-order valence-electron chi connectivity index (χ4n) is 10.3. The van der Waals surface area contributed by atoms with Crippen molar-refractivity contribution in [3.05, 3.63) is 131 Å². The first-order chi connectivity index (χ1) is 30.1. The molecule has 13 nitrogen and oxygen atoms in total. The standard InChI is InChI=1S/C49H54N4O9/c1-31(2)39(45(56)60-3)50-48(59)52-37-25-14-13-24-36(37)49(47(52)58)38(44(55)51-26-15-5-4-6-16-27-51)41-46(57)62-42(33-20-11-8-12-21-33)40(32-18-9-7-10-19-32)53(41)43(49)34-22-17-23-35(30-34)61-29-28-54/h7-14,17-25,30-31,38-43,54H,4-6,15-16,26-29H2,1-3H3,(H,50,59). The summed E-state index contributed by atoms with van der Waals surface area (Å²) in [6.45, 7) is 4.16. The van der Waals surface area contributed by atoms with Crippen molar-refractivity contribution in [1.29, 1.82) is 0 Å². The molecule has 1 spiro atoms. The van der Waals surface area contributed by atoms with Gasteiger partial charge in [-0.05, 0) is 59.2 Å². The molecule has 0 aromatic heterocycles. The largest absolute Gasteiger partial charge is 0.491 e. The van der Waals surface area contributed by atoms with Crippen molar-refractivity contribution < 1.29 is 43.3 Å². The Kier molecular flexibility index (Phi) is 12.5. The normalized spacial score (nSPS) is 25.3. The Bertz CT molecular complexity index is 2280. The number of imide groups is 1. The molecule has 3 fully saturated rings. The van der Waals surface area contributed by atoms with Gasteiger partial charge in [-0.25, -0.2) is 14.5 Å². The number of carbonyl (C=O) groups excluding carboxylic acids is 5. The molecule has 4 aliphatic rings. The number of methoxy groups -OCH3 is 1. The number of amides is 4. The van der Waals surface area contributed by atoms with Gasteiger partial charge in [0.2, 0.25) is 11.8 Å². The number of benzene rings is 4. The summed E-state index contributed by atoms with van der Waals surface area (Å²) >= 11 is 0. The molecule has 0 aliphatic carbocycles. The van der Waals surface area contributed by atoms with Crippen LogP contribution in [0.1, 0.15) is 86.4 Å². The molecule has 62 heavy (non-hydrogen) atoms. The third-order valence-corrected chi connectivity index (χ3v) is 12.9. The molecule has 0 saturated carbocycles. The molecule has 7 atom stereocenters. The first-order valence-electron chi connectivity index (χ1n) is 21.7. The maximum atomic E-state index is 16.4. The molecule has 0 radical (unpaired) electrons. The van der Waals surface area contributed by atoms with Crippen LogP contribution in [0.2, 0.25) is 0 Å². The van der Waals surface area contributed by atoms with Gasteiger partial charge in [0, 0.05) is 13.1 Å². The minimum absolute atomic E-state index is 0.00362. The number of carbonyl (C=O) groups is 5. The fraction of sp³-hybridized carbons (Fsp3) is 0.408. The Morgan fingerprint density at radius 3 is 2.10 bits per heavy atom. The van der Waals surface area contributed by atoms with Crippen molar-refractivity contribution >= 4 is 35.5 Å². The fourth-order valence-corrected chi connectivity index (χ4v) is 10.3. The summed E-state index contributed by atoms with van der Waals surface area (Å²) in [6.07, 6.45) is 3.55. The number of nitrogens with zero attached hydrogens (tertiary/aromatic N) is 3. The SMILES string of the molecule is COC(=O)C(NC(=O)N1C(=O)C2(c3ccccc31)C(C(=O)N1CCCCCCC1)C1C(=O)OC(c3ccccc3)C(c3ccccc3)N1C2c1cccc(OCCO)c1)C(C)C. The van der Waals surface area contributed by atoms with Gasteiger partial charge in [-0.3, -0.25) is 19.3 Å². The molecule has 4 aromatic carbocycles. The lowest BCUT2D eigenvalue weighted by Crippen LogP contribution is -2.58. The van der Waals surface area contributed by atoms with Gasteiger partial charge in [0.05, 0.1) is 37.4 Å². The minimum atomic E-state index is -1.91. The Balaban J connectivity index is 1.43. The lowest BCUT2D eigenvalue weighted by Gasteiger charge is -2.46. The predicted molar refractivity (Wildman–Crippen MR) is 230 cm³/mol. The molecule has 2 N–H and O–H groups in total. The van der Waals surface area contributed by atoms with Crippen LogP contribution in [0.15, 0.2) is 109 Å². The van der Waals surface area contributed by atoms with Gasteiger partial charge in [0.1, 0.15) is 36.0 Å². The van der Waals surface area contributed by atoms with E-state index < -0.39 is 71.4 Å². The Morgan fingerprint density at radius 1 is 0.806 bits per heavy atom. The number of hydrogen-bond acceptors (Lipinski definition) is 10. The van der Waals surface area contributed by atoms with Crippen molar-refractivity contribution in [1.82, 2.24) is 15.1 Å². The van der Waals surface area contributed by atoms with Crippen LogP contribution < -0.4 is 15.0 Å². The monoisotopic (exact) mass is 842 g/mol. The summed E-state index contributed by atoms with van der Waals surface area (Å²) in [5.41, 5.74) is 0.773. The van der Waals surface area contributed by atoms with Crippen LogP contribution in [0.3, 0.4) is 0 Å². The number of anilines is 1. The topological polar surface area (TPSA) is 155 Å². The molecule has 4 heterocycles. The van der Waals surface area contributed by atoms with E-state index in [2.05, 4.69) is 5.32 Å². The van der Waals surface area contributed by atoms with E-state index in [4.69, 9.17) is 14.2 Å². The van der Waals surface area contributed by atoms with Crippen molar-refractivity contribution in [2.45, 2.75) is 81.6 Å². The van der Waals surface area contributed by atoms with Crippen LogP contribution in [0, 0.1) is 11.8 Å². The average molecular weight is 843 g/mol. The average Bonchev–Trinajstić information content (AvgIpc) is 3.74. The van der Waals surface area contributed by atoms with Gasteiger partial charge in [-0.1, -0.05) is 124 Å². The quantitative estimate of drug-likeness (QED) is 0.171. The van der Waals surface area contributed by atoms with E-state index in [0.29, 0.717) is 30.0 Å². The maximum Gasteiger partial charge on any atom is 0.329 e. The lowest BCUT2D eigenvalue weighted by atomic mass is 9.65. The van der Waals surface area contributed by atoms with Crippen LogP contribution >= 0.6 is 0 Å². The van der Waals surface area contributed by atoms with Crippen LogP contribution in [0.25, 0.3) is 0 Å². The Morgan fingerprint density at radius 2 is 1.44 bits per heavy atom. The molecule has 4 aliphatic heterocycles. The molecule has 4 amide bonds. The third-order valence-electron chi connectivity index (χ3n) is 12.9. The van der Waals surface area contributed by atoms with E-state index in [-0.39, 0.29) is 24.8 Å². The van der Waals surface area contributed by atoms with E-state index in [1.807, 2.05) is 71.6 Å². The number of esters is 2. The summed E-state index contributed by atoms with van der Waals surface area (Å²) in [7, 11) is 1.23. The first kappa shape index (κ1) is 42.6. The second-order valence-corrected chi connectivity index (χ2v) is 16.9. The Labute approximate surface area is 361 Å². The highest BCUT2D eigenvalue weighted by Crippen LogP contribution is 2.66. The minimum Gasteiger partial charge on any atom is -0.491 e. The zero-order valence-electron chi connectivity index (χ0n) is 35.4. The van der Waals surface area contributed by atoms with Gasteiger partial charge >= 0.3 is 18.0 Å². The zero-order valence-corrected chi connectivity index (χ0v) is 35.4. The number of fused-ring (bicyclic) bond motifs is 3. The smallest absolute Gasteiger partial charge is 0.329 e. The molecule has 7 unspecified atom stereocenters. The van der Waals surface area contributed by atoms with Crippen LogP contribution in [0.5, 0.6) is 5.75 Å². The number of nitrogens with one attached hydrogen (secondary N) is 1. The molecule has 3 saturated heterocycles. The molecule has 13 heteroatoms. The lowest BCUT2D eigenvalue weighted by molar-refractivity contribution is -0.179. The molecule has 8 rings (SSSR count). The summed E-state index contributed by atoms with van der Waals surface area (Å²) in [4.78, 5) is 80.3. The number of ether oxygens (including phenoxy) is 3. The number of cyclic esters (lactones) is 1. The van der Waals surface area contributed by atoms with Gasteiger partial charge in [-0.15, -0.1) is 0 Å². The summed E-state index contributed by atoms with van der Waals surface area (Å²) in [5.74, 6) is -3.81. The van der Waals surface area contributed by atoms with Crippen molar-refractivity contribution in [2.75, 3.05) is 38.3 Å². The number of aliphatic hydroxyl groups excluding tert-OH is 1. The second-order valence-electron chi connectivity index (χ2n) is 16.9. The van der Waals surface area contributed by atoms with E-state index in [1.54, 1.807) is 61.2 Å². The summed E-state index contributed by atoms with van der Waals surface area (Å²) in [5, 5.41) is 12.5. The van der Waals surface area contributed by atoms with Crippen LogP contribution in [-0.4, -0.2) is 90.2 Å². The second kappa shape index (κ2) is 18.1. The number of morpholine rings is 1. The van der Waals surface area contributed by atoms with E-state index >= 15 is 14.4 Å². The van der Waals surface area contributed by atoms with Crippen LogP contribution in [0.4, 0.5) is 10.5 Å². The number of urea groups is 1. The number of aliphatic hydroxyl groups is 1. The summed E-state index contributed by atoms with van der Waals surface area (Å²) in [6, 6.07) is 28.1. The first-order valence-corrected chi connectivity index (χ1v) is 21.7. The van der Waals surface area contributed by atoms with Crippen LogP contribution in [-0.2, 0) is 34.1 Å². The van der Waals surface area contributed by atoms with E-state index in [9.17, 15) is 14.7 Å². The zero-order chi connectivity index (χ0) is 43.5. The maximum absolute atomic E-state index is 16.4. The van der Waals surface area contributed by atoms with Gasteiger partial charge < -0.3 is 29.5 Å². The predicted octanol–water partition coefficient (Wildman–Crippen LogP) is 6.42. The molecule has 4 aromatic rings. The highest BCUT2D eigenvalue weighted by molar-refractivity contribution is 6.25. The van der Waals surface area contributed by atoms with Gasteiger partial charge in [0.25, 0.3) is 0 Å².